The van der Waals surface area contributed by atoms with Gasteiger partial charge in [0, 0.05) is 18.2 Å². The molecule has 1 aliphatic heterocycles. The molecular formula is C19H31N3O6S. The van der Waals surface area contributed by atoms with Crippen molar-refractivity contribution in [1.82, 2.24) is 9.62 Å². The van der Waals surface area contributed by atoms with Gasteiger partial charge in [-0.3, -0.25) is 9.59 Å². The normalized spacial score (nSPS) is 15.2. The summed E-state index contributed by atoms with van der Waals surface area (Å²) in [6.45, 7) is 2.03. The average Bonchev–Trinajstić information content (AvgIpc) is 3.06. The van der Waals surface area contributed by atoms with Gasteiger partial charge in [0.1, 0.15) is 0 Å². The zero-order valence-electron chi connectivity index (χ0n) is 17.1. The number of anilines is 1. The highest BCUT2D eigenvalue weighted by Crippen LogP contribution is 2.34. The lowest BCUT2D eigenvalue weighted by Crippen LogP contribution is -2.23. The Morgan fingerprint density at radius 1 is 1.21 bits per heavy atom. The minimum atomic E-state index is -3.14. The van der Waals surface area contributed by atoms with E-state index in [-0.39, 0.29) is 18.6 Å². The number of carboxylic acid groups (broad SMARTS) is 2. The highest BCUT2D eigenvalue weighted by atomic mass is 32.2. The van der Waals surface area contributed by atoms with E-state index >= 15 is 0 Å². The van der Waals surface area contributed by atoms with Crippen LogP contribution in [0.4, 0.5) is 5.69 Å². The first-order chi connectivity index (χ1) is 13.5. The summed E-state index contributed by atoms with van der Waals surface area (Å²) in [4.78, 5) is 21.5. The predicted molar refractivity (Wildman–Crippen MR) is 112 cm³/mol. The van der Waals surface area contributed by atoms with Crippen molar-refractivity contribution in [3.05, 3.63) is 29.3 Å². The number of aliphatic carboxylic acids is 2. The maximum absolute atomic E-state index is 11.5. The molecule has 0 aromatic heterocycles. The van der Waals surface area contributed by atoms with Crippen LogP contribution in [0.5, 0.6) is 0 Å². The number of nitrogens with zero attached hydrogens (tertiary/aromatic N) is 1. The van der Waals surface area contributed by atoms with Gasteiger partial charge in [-0.2, -0.15) is 0 Å². The lowest BCUT2D eigenvalue weighted by Gasteiger charge is -2.15. The first-order valence-corrected chi connectivity index (χ1v) is 11.1. The smallest absolute Gasteiger partial charge is 0.303 e. The Hall–Kier alpha value is -2.17. The Labute approximate surface area is 172 Å². The van der Waals surface area contributed by atoms with E-state index in [4.69, 9.17) is 10.2 Å². The Kier molecular flexibility index (Phi) is 10.1. The minimum Gasteiger partial charge on any atom is -0.481 e. The number of carboxylic acids is 2. The Morgan fingerprint density at radius 3 is 2.34 bits per heavy atom. The number of hydrogen-bond donors (Lipinski definition) is 4. The van der Waals surface area contributed by atoms with Crippen molar-refractivity contribution in [3.63, 3.8) is 0 Å². The van der Waals surface area contributed by atoms with Gasteiger partial charge in [0.25, 0.3) is 0 Å². The van der Waals surface area contributed by atoms with Crippen LogP contribution in [0.1, 0.15) is 36.3 Å². The van der Waals surface area contributed by atoms with Crippen LogP contribution >= 0.6 is 0 Å². The van der Waals surface area contributed by atoms with Gasteiger partial charge in [0.15, 0.2) is 0 Å². The van der Waals surface area contributed by atoms with E-state index in [2.05, 4.69) is 41.2 Å². The van der Waals surface area contributed by atoms with Gasteiger partial charge in [-0.05, 0) is 57.7 Å². The van der Waals surface area contributed by atoms with E-state index in [1.165, 1.54) is 18.3 Å². The lowest BCUT2D eigenvalue weighted by molar-refractivity contribution is -0.143. The van der Waals surface area contributed by atoms with Gasteiger partial charge in [0.05, 0.1) is 18.6 Å². The molecule has 0 saturated carbocycles. The van der Waals surface area contributed by atoms with Crippen LogP contribution in [0.2, 0.25) is 0 Å². The molecule has 1 unspecified atom stereocenters. The first kappa shape index (κ1) is 24.9. The predicted octanol–water partition coefficient (Wildman–Crippen LogP) is 1.17. The van der Waals surface area contributed by atoms with E-state index < -0.39 is 22.0 Å². The zero-order valence-corrected chi connectivity index (χ0v) is 18.0. The van der Waals surface area contributed by atoms with Crippen LogP contribution in [-0.2, 0) is 26.0 Å². The molecule has 1 heterocycles. The highest BCUT2D eigenvalue weighted by Gasteiger charge is 2.22. The summed E-state index contributed by atoms with van der Waals surface area (Å²) in [6, 6.07) is 6.26. The fourth-order valence-corrected chi connectivity index (χ4v) is 3.56. The van der Waals surface area contributed by atoms with E-state index in [1.54, 1.807) is 0 Å². The standard InChI is InChI=1S/C15H25N3O2S.C4H6O4/c1-16-21(19,20)9-7-12-4-5-15-14(10-12)13(11-17-15)6-8-18(2)3;5-3(6)1-2-4(7)8/h4-5,10,13,16-17H,6-9,11H2,1-3H3;1-2H2,(H,5,6)(H,7,8). The van der Waals surface area contributed by atoms with Crippen molar-refractivity contribution in [2.75, 3.05) is 45.3 Å². The van der Waals surface area contributed by atoms with Gasteiger partial charge in [0.2, 0.25) is 10.0 Å². The summed E-state index contributed by atoms with van der Waals surface area (Å²) < 4.78 is 25.4. The molecule has 164 valence electrons. The quantitative estimate of drug-likeness (QED) is 0.435. The largest absolute Gasteiger partial charge is 0.481 e. The zero-order chi connectivity index (χ0) is 22.0. The summed E-state index contributed by atoms with van der Waals surface area (Å²) in [7, 11) is 2.49. The second-order valence-corrected chi connectivity index (χ2v) is 9.20. The topological polar surface area (TPSA) is 136 Å². The van der Waals surface area contributed by atoms with Gasteiger partial charge in [-0.15, -0.1) is 0 Å². The molecule has 0 saturated heterocycles. The number of nitrogens with one attached hydrogen (secondary N) is 2. The molecule has 0 bridgehead atoms. The van der Waals surface area contributed by atoms with Gasteiger partial charge in [-0.1, -0.05) is 12.1 Å². The van der Waals surface area contributed by atoms with Crippen LogP contribution in [0.3, 0.4) is 0 Å². The van der Waals surface area contributed by atoms with Crippen LogP contribution < -0.4 is 10.0 Å². The Morgan fingerprint density at radius 2 is 1.83 bits per heavy atom. The number of fused-ring (bicyclic) bond motifs is 1. The molecule has 1 aliphatic rings. The third-order valence-electron chi connectivity index (χ3n) is 4.54. The second-order valence-electron chi connectivity index (χ2n) is 7.15. The highest BCUT2D eigenvalue weighted by molar-refractivity contribution is 7.89. The van der Waals surface area contributed by atoms with E-state index in [0.29, 0.717) is 12.3 Å². The fraction of sp³-hybridized carbons (Fsp3) is 0.579. The number of hydrogen-bond acceptors (Lipinski definition) is 6. The molecule has 0 radical (unpaired) electrons. The summed E-state index contributed by atoms with van der Waals surface area (Å²) >= 11 is 0. The van der Waals surface area contributed by atoms with Crippen molar-refractivity contribution >= 4 is 27.6 Å². The monoisotopic (exact) mass is 429 g/mol. The van der Waals surface area contributed by atoms with Gasteiger partial charge >= 0.3 is 11.9 Å². The molecule has 0 aliphatic carbocycles. The maximum Gasteiger partial charge on any atom is 0.303 e. The van der Waals surface area contributed by atoms with E-state index in [1.807, 2.05) is 6.07 Å². The van der Waals surface area contributed by atoms with Crippen molar-refractivity contribution in [2.24, 2.45) is 0 Å². The summed E-state index contributed by atoms with van der Waals surface area (Å²) in [5.41, 5.74) is 3.61. The number of rotatable bonds is 10. The fourth-order valence-electron chi connectivity index (χ4n) is 2.85. The number of sulfonamides is 1. The van der Waals surface area contributed by atoms with Crippen molar-refractivity contribution < 1.29 is 28.2 Å². The second kappa shape index (κ2) is 11.7. The summed E-state index contributed by atoms with van der Waals surface area (Å²) in [6.07, 6.45) is 1.08. The van der Waals surface area contributed by atoms with Crippen molar-refractivity contribution in [2.45, 2.75) is 31.6 Å². The van der Waals surface area contributed by atoms with Gasteiger partial charge < -0.3 is 20.4 Å². The van der Waals surface area contributed by atoms with Crippen molar-refractivity contribution in [3.8, 4) is 0 Å². The van der Waals surface area contributed by atoms with E-state index in [9.17, 15) is 18.0 Å². The first-order valence-electron chi connectivity index (χ1n) is 9.40. The van der Waals surface area contributed by atoms with Crippen LogP contribution in [-0.4, -0.2) is 75.5 Å². The number of benzene rings is 1. The Balaban J connectivity index is 0.000000447. The van der Waals surface area contributed by atoms with Crippen LogP contribution in [0, 0.1) is 0 Å². The summed E-state index contributed by atoms with van der Waals surface area (Å²) in [5, 5.41) is 19.2. The average molecular weight is 430 g/mol. The Bertz CT molecular complexity index is 781. The third-order valence-corrected chi connectivity index (χ3v) is 5.91. The SMILES string of the molecule is CNS(=O)(=O)CCc1ccc2c(c1)C(CCN(C)C)CN2.O=C(O)CCC(=O)O. The third kappa shape index (κ3) is 9.73. The summed E-state index contributed by atoms with van der Waals surface area (Å²) in [5.74, 6) is -1.50. The molecule has 0 amide bonds. The molecule has 2 rings (SSSR count). The molecule has 10 heteroatoms. The molecule has 1 aromatic rings. The molecule has 4 N–H and O–H groups in total. The van der Waals surface area contributed by atoms with Crippen LogP contribution in [0.25, 0.3) is 0 Å². The molecule has 9 nitrogen and oxygen atoms in total. The molecule has 29 heavy (non-hydrogen) atoms. The van der Waals surface area contributed by atoms with Gasteiger partial charge in [-0.25, -0.2) is 13.1 Å². The molecule has 1 atom stereocenters. The maximum atomic E-state index is 11.5. The van der Waals surface area contributed by atoms with Crippen molar-refractivity contribution in [1.29, 1.82) is 0 Å². The lowest BCUT2D eigenvalue weighted by atomic mass is 9.95. The van der Waals surface area contributed by atoms with E-state index in [0.717, 1.165) is 25.1 Å². The molecule has 0 fully saturated rings. The number of carbonyl (C=O) groups is 2. The molecule has 0 spiro atoms. The van der Waals surface area contributed by atoms with Crippen LogP contribution in [0.15, 0.2) is 18.2 Å². The number of aryl methyl sites for hydroxylation is 1. The molecular weight excluding hydrogens is 398 g/mol. The minimum absolute atomic E-state index is 0.137. The molecule has 1 aromatic carbocycles.